The predicted octanol–water partition coefficient (Wildman–Crippen LogP) is 2.40. The van der Waals surface area contributed by atoms with Crippen molar-refractivity contribution in [1.29, 1.82) is 0 Å². The zero-order chi connectivity index (χ0) is 21.3. The predicted molar refractivity (Wildman–Crippen MR) is 109 cm³/mol. The molecule has 1 aliphatic rings. The number of piperidine rings is 1. The molecular weight excluding hydrogens is 358 g/mol. The van der Waals surface area contributed by atoms with Crippen LogP contribution in [0.25, 0.3) is 0 Å². The van der Waals surface area contributed by atoms with Crippen LogP contribution < -0.4 is 5.32 Å². The number of hydrogen-bond acceptors (Lipinski definition) is 5. The van der Waals surface area contributed by atoms with Crippen molar-refractivity contribution >= 4 is 17.8 Å². The maximum Gasteiger partial charge on any atom is 0.307 e. The lowest BCUT2D eigenvalue weighted by Gasteiger charge is -2.34. The van der Waals surface area contributed by atoms with E-state index in [0.717, 1.165) is 32.2 Å². The van der Waals surface area contributed by atoms with Gasteiger partial charge in [-0.3, -0.25) is 19.3 Å². The highest BCUT2D eigenvalue weighted by Gasteiger charge is 2.33. The summed E-state index contributed by atoms with van der Waals surface area (Å²) in [4.78, 5) is 41.3. The van der Waals surface area contributed by atoms with Crippen molar-refractivity contribution in [2.45, 2.75) is 78.8 Å². The van der Waals surface area contributed by atoms with Gasteiger partial charge in [-0.05, 0) is 45.2 Å². The summed E-state index contributed by atoms with van der Waals surface area (Å²) in [6.45, 7) is 10.9. The molecule has 0 spiro atoms. The molecule has 1 rings (SSSR count). The van der Waals surface area contributed by atoms with Gasteiger partial charge >= 0.3 is 5.97 Å². The molecule has 1 N–H and O–H groups in total. The van der Waals surface area contributed by atoms with Crippen molar-refractivity contribution < 1.29 is 19.1 Å². The van der Waals surface area contributed by atoms with Crippen LogP contribution in [0.4, 0.5) is 0 Å². The summed E-state index contributed by atoms with van der Waals surface area (Å²) in [7, 11) is 1.95. The molecule has 7 heteroatoms. The van der Waals surface area contributed by atoms with Crippen molar-refractivity contribution in [2.24, 2.45) is 11.8 Å². The van der Waals surface area contributed by atoms with Crippen LogP contribution in [0, 0.1) is 11.8 Å². The first kappa shape index (κ1) is 24.4. The highest BCUT2D eigenvalue weighted by molar-refractivity contribution is 5.90. The Morgan fingerprint density at radius 3 is 2.39 bits per heavy atom. The molecule has 0 aromatic carbocycles. The first-order valence-corrected chi connectivity index (χ1v) is 10.7. The van der Waals surface area contributed by atoms with E-state index in [4.69, 9.17) is 4.74 Å². The maximum absolute atomic E-state index is 13.1. The van der Waals surface area contributed by atoms with Crippen LogP contribution >= 0.6 is 0 Å². The Bertz CT molecular complexity index is 524. The second-order valence-electron chi connectivity index (χ2n) is 8.30. The first-order chi connectivity index (χ1) is 13.2. The fourth-order valence-corrected chi connectivity index (χ4v) is 3.39. The van der Waals surface area contributed by atoms with E-state index < -0.39 is 6.04 Å². The van der Waals surface area contributed by atoms with E-state index in [9.17, 15) is 14.4 Å². The first-order valence-electron chi connectivity index (χ1n) is 10.7. The summed E-state index contributed by atoms with van der Waals surface area (Å²) >= 11 is 0. The van der Waals surface area contributed by atoms with Crippen molar-refractivity contribution in [3.63, 3.8) is 0 Å². The van der Waals surface area contributed by atoms with Crippen LogP contribution in [0.5, 0.6) is 0 Å². The molecule has 1 saturated heterocycles. The third kappa shape index (κ3) is 7.41. The molecule has 1 aliphatic heterocycles. The summed E-state index contributed by atoms with van der Waals surface area (Å²) in [5.41, 5.74) is 0. The van der Waals surface area contributed by atoms with Crippen molar-refractivity contribution in [1.82, 2.24) is 15.1 Å². The van der Waals surface area contributed by atoms with Gasteiger partial charge in [0.1, 0.15) is 6.04 Å². The van der Waals surface area contributed by atoms with Crippen LogP contribution in [-0.2, 0) is 19.1 Å². The van der Waals surface area contributed by atoms with E-state index in [0.29, 0.717) is 13.0 Å². The number of carbonyl (C=O) groups is 3. The third-order valence-corrected chi connectivity index (χ3v) is 5.50. The Morgan fingerprint density at radius 2 is 1.86 bits per heavy atom. The standard InChI is InChI=1S/C21H39N3O4/c1-7-16(5)19(22-20(26)17-11-9-10-12-23(17)6)21(27)24(8-2)14-28-18(25)13-15(3)4/h15-17,19H,7-14H2,1-6H3,(H,22,26)/t16-,17+,19-/m0/s1. The molecule has 162 valence electrons. The average molecular weight is 398 g/mol. The zero-order valence-electron chi connectivity index (χ0n) is 18.5. The van der Waals surface area contributed by atoms with Gasteiger partial charge in [-0.25, -0.2) is 0 Å². The minimum Gasteiger partial charge on any atom is -0.444 e. The lowest BCUT2D eigenvalue weighted by Crippen LogP contribution is -2.57. The molecule has 0 aliphatic carbocycles. The van der Waals surface area contributed by atoms with E-state index in [1.54, 1.807) is 0 Å². The van der Waals surface area contributed by atoms with E-state index in [-0.39, 0.29) is 42.4 Å². The Hall–Kier alpha value is -1.63. The lowest BCUT2D eigenvalue weighted by atomic mass is 9.96. The van der Waals surface area contributed by atoms with Gasteiger partial charge in [-0.1, -0.05) is 40.5 Å². The zero-order valence-corrected chi connectivity index (χ0v) is 18.5. The van der Waals surface area contributed by atoms with Crippen LogP contribution in [0.2, 0.25) is 0 Å². The van der Waals surface area contributed by atoms with Gasteiger partial charge < -0.3 is 15.0 Å². The Morgan fingerprint density at radius 1 is 1.18 bits per heavy atom. The van der Waals surface area contributed by atoms with Crippen LogP contribution in [0.1, 0.15) is 66.7 Å². The monoisotopic (exact) mass is 397 g/mol. The molecular formula is C21H39N3O4. The van der Waals surface area contributed by atoms with E-state index in [2.05, 4.69) is 10.2 Å². The number of ether oxygens (including phenoxy) is 1. The van der Waals surface area contributed by atoms with Crippen LogP contribution in [0.3, 0.4) is 0 Å². The Kier molecular flexibility index (Phi) is 10.5. The molecule has 0 saturated carbocycles. The van der Waals surface area contributed by atoms with E-state index in [1.807, 2.05) is 41.7 Å². The van der Waals surface area contributed by atoms with Crippen molar-refractivity contribution in [3.05, 3.63) is 0 Å². The number of carbonyl (C=O) groups excluding carboxylic acids is 3. The van der Waals surface area contributed by atoms with Crippen LogP contribution in [-0.4, -0.2) is 66.5 Å². The van der Waals surface area contributed by atoms with Gasteiger partial charge in [-0.15, -0.1) is 0 Å². The fraction of sp³-hybridized carbons (Fsp3) is 0.857. The van der Waals surface area contributed by atoms with Gasteiger partial charge in [-0.2, -0.15) is 0 Å². The van der Waals surface area contributed by atoms with E-state index >= 15 is 0 Å². The normalized spacial score (nSPS) is 19.8. The summed E-state index contributed by atoms with van der Waals surface area (Å²) in [6, 6.07) is -0.802. The number of hydrogen-bond donors (Lipinski definition) is 1. The highest BCUT2D eigenvalue weighted by atomic mass is 16.5. The van der Waals surface area contributed by atoms with Gasteiger partial charge in [0.2, 0.25) is 11.8 Å². The molecule has 7 nitrogen and oxygen atoms in total. The SMILES string of the molecule is CC[C@H](C)[C@H](NC(=O)[C@H]1CCCCN1C)C(=O)N(CC)COC(=O)CC(C)C. The summed E-state index contributed by atoms with van der Waals surface area (Å²) in [5.74, 6) is -0.396. The molecule has 2 amide bonds. The van der Waals surface area contributed by atoms with Gasteiger partial charge in [0.15, 0.2) is 6.73 Å². The topological polar surface area (TPSA) is 79.0 Å². The number of nitrogens with one attached hydrogen (secondary N) is 1. The van der Waals surface area contributed by atoms with Gasteiger partial charge in [0.25, 0.3) is 0 Å². The van der Waals surface area contributed by atoms with E-state index in [1.165, 1.54) is 4.90 Å². The number of rotatable bonds is 10. The highest BCUT2D eigenvalue weighted by Crippen LogP contribution is 2.17. The van der Waals surface area contributed by atoms with Gasteiger partial charge in [0.05, 0.1) is 6.04 Å². The Balaban J connectivity index is 2.78. The number of likely N-dealkylation sites (tertiary alicyclic amines) is 1. The minimum atomic E-state index is -0.614. The summed E-state index contributed by atoms with van der Waals surface area (Å²) in [5, 5.41) is 2.99. The minimum absolute atomic E-state index is 0.00855. The maximum atomic E-state index is 13.1. The summed E-state index contributed by atoms with van der Waals surface area (Å²) in [6.07, 6.45) is 4.03. The number of nitrogens with zero attached hydrogens (tertiary/aromatic N) is 2. The fourth-order valence-electron chi connectivity index (χ4n) is 3.39. The largest absolute Gasteiger partial charge is 0.444 e. The summed E-state index contributed by atoms with van der Waals surface area (Å²) < 4.78 is 5.27. The number of likely N-dealkylation sites (N-methyl/N-ethyl adjacent to an activating group) is 2. The molecule has 1 fully saturated rings. The average Bonchev–Trinajstić information content (AvgIpc) is 2.65. The smallest absolute Gasteiger partial charge is 0.307 e. The molecule has 1 heterocycles. The van der Waals surface area contributed by atoms with Crippen molar-refractivity contribution in [2.75, 3.05) is 26.9 Å². The molecule has 3 atom stereocenters. The molecule has 28 heavy (non-hydrogen) atoms. The Labute approximate surface area is 170 Å². The molecule has 0 bridgehead atoms. The quantitative estimate of drug-likeness (QED) is 0.452. The van der Waals surface area contributed by atoms with Crippen LogP contribution in [0.15, 0.2) is 0 Å². The van der Waals surface area contributed by atoms with Gasteiger partial charge in [0, 0.05) is 13.0 Å². The molecule has 0 aromatic heterocycles. The molecule has 0 radical (unpaired) electrons. The second-order valence-corrected chi connectivity index (χ2v) is 8.30. The number of amides is 2. The molecule has 0 aromatic rings. The van der Waals surface area contributed by atoms with Crippen molar-refractivity contribution in [3.8, 4) is 0 Å². The molecule has 0 unspecified atom stereocenters. The number of esters is 1. The third-order valence-electron chi connectivity index (χ3n) is 5.50. The second kappa shape index (κ2) is 12.0. The lowest BCUT2D eigenvalue weighted by molar-refractivity contribution is -0.155.